The maximum absolute atomic E-state index is 11.4. The molecule has 0 bridgehead atoms. The Balaban J connectivity index is 4.04. The second kappa shape index (κ2) is 7.96. The van der Waals surface area contributed by atoms with Crippen LogP contribution in [0.15, 0.2) is 0 Å². The number of urea groups is 1. The van der Waals surface area contributed by atoms with Crippen molar-refractivity contribution in [2.45, 2.75) is 58.5 Å². The third-order valence-corrected chi connectivity index (χ3v) is 2.28. The molecule has 0 aromatic heterocycles. The quantitative estimate of drug-likeness (QED) is 0.623. The van der Waals surface area contributed by atoms with Crippen molar-refractivity contribution in [3.8, 4) is 0 Å². The molecule has 0 aromatic carbocycles. The average molecular weight is 230 g/mol. The van der Waals surface area contributed by atoms with Crippen LogP contribution in [0.3, 0.4) is 0 Å². The molecule has 2 atom stereocenters. The van der Waals surface area contributed by atoms with Gasteiger partial charge in [-0.05, 0) is 19.8 Å². The van der Waals surface area contributed by atoms with Gasteiger partial charge in [0.15, 0.2) is 0 Å². The van der Waals surface area contributed by atoms with Gasteiger partial charge in [-0.3, -0.25) is 0 Å². The fraction of sp³-hybridized carbons (Fsp3) is 0.818. The van der Waals surface area contributed by atoms with Crippen molar-refractivity contribution in [2.24, 2.45) is 0 Å². The van der Waals surface area contributed by atoms with Crippen LogP contribution in [0.25, 0.3) is 0 Å². The van der Waals surface area contributed by atoms with E-state index in [1.165, 1.54) is 0 Å². The van der Waals surface area contributed by atoms with E-state index in [1.54, 1.807) is 0 Å². The van der Waals surface area contributed by atoms with E-state index in [-0.39, 0.29) is 6.04 Å². The van der Waals surface area contributed by atoms with E-state index in [1.807, 2.05) is 20.8 Å². The first-order chi connectivity index (χ1) is 7.51. The molecule has 2 amide bonds. The van der Waals surface area contributed by atoms with Gasteiger partial charge in [-0.15, -0.1) is 0 Å². The molecule has 0 saturated carbocycles. The summed E-state index contributed by atoms with van der Waals surface area (Å²) in [7, 11) is 0. The molecule has 94 valence electrons. The van der Waals surface area contributed by atoms with E-state index in [0.29, 0.717) is 6.42 Å². The Bertz CT molecular complexity index is 231. The van der Waals surface area contributed by atoms with Crippen LogP contribution in [0.1, 0.15) is 46.5 Å². The molecule has 0 aliphatic heterocycles. The minimum Gasteiger partial charge on any atom is -0.480 e. The molecular formula is C11H22N2O3. The third-order valence-electron chi connectivity index (χ3n) is 2.28. The van der Waals surface area contributed by atoms with Crippen LogP contribution in [0.4, 0.5) is 4.79 Å². The number of aliphatic carboxylic acids is 1. The Morgan fingerprint density at radius 1 is 1.12 bits per heavy atom. The van der Waals surface area contributed by atoms with Gasteiger partial charge in [0.05, 0.1) is 0 Å². The number of amides is 2. The van der Waals surface area contributed by atoms with E-state index in [4.69, 9.17) is 5.11 Å². The summed E-state index contributed by atoms with van der Waals surface area (Å²) < 4.78 is 0. The second-order valence-electron chi connectivity index (χ2n) is 3.99. The van der Waals surface area contributed by atoms with Crippen molar-refractivity contribution in [1.82, 2.24) is 10.6 Å². The van der Waals surface area contributed by atoms with E-state index in [9.17, 15) is 9.59 Å². The fourth-order valence-electron chi connectivity index (χ4n) is 1.47. The molecule has 0 spiro atoms. The number of nitrogens with one attached hydrogen (secondary N) is 2. The van der Waals surface area contributed by atoms with Gasteiger partial charge in [0.2, 0.25) is 0 Å². The first-order valence-corrected chi connectivity index (χ1v) is 5.81. The number of carbonyl (C=O) groups excluding carboxylic acids is 1. The Hall–Kier alpha value is -1.26. The second-order valence-corrected chi connectivity index (χ2v) is 3.99. The number of carboxylic acids is 1. The molecule has 0 fully saturated rings. The molecule has 0 rings (SSSR count). The van der Waals surface area contributed by atoms with Crippen LogP contribution < -0.4 is 10.6 Å². The third kappa shape index (κ3) is 6.27. The maximum Gasteiger partial charge on any atom is 0.326 e. The SMILES string of the molecule is CCCC(C)NC(=O)N[C@H](CCC)C(=O)O. The average Bonchev–Trinajstić information content (AvgIpc) is 2.16. The van der Waals surface area contributed by atoms with Gasteiger partial charge in [-0.25, -0.2) is 9.59 Å². The Labute approximate surface area is 96.6 Å². The molecule has 0 saturated heterocycles. The zero-order valence-electron chi connectivity index (χ0n) is 10.2. The number of carboxylic acid groups (broad SMARTS) is 1. The van der Waals surface area contributed by atoms with Gasteiger partial charge in [0, 0.05) is 6.04 Å². The molecule has 0 radical (unpaired) electrons. The van der Waals surface area contributed by atoms with Crippen molar-refractivity contribution < 1.29 is 14.7 Å². The Kier molecular flexibility index (Phi) is 7.33. The van der Waals surface area contributed by atoms with Crippen LogP contribution in [0.5, 0.6) is 0 Å². The summed E-state index contributed by atoms with van der Waals surface area (Å²) in [6.45, 7) is 5.82. The van der Waals surface area contributed by atoms with E-state index in [0.717, 1.165) is 19.3 Å². The standard InChI is InChI=1S/C11H22N2O3/c1-4-6-8(3)12-11(16)13-9(7-5-2)10(14)15/h8-9H,4-7H2,1-3H3,(H,14,15)(H2,12,13,16)/t8?,9-/m1/s1. The molecular weight excluding hydrogens is 208 g/mol. The van der Waals surface area contributed by atoms with Gasteiger partial charge in [0.1, 0.15) is 6.04 Å². The smallest absolute Gasteiger partial charge is 0.326 e. The highest BCUT2D eigenvalue weighted by Gasteiger charge is 2.19. The summed E-state index contributed by atoms with van der Waals surface area (Å²) in [5.74, 6) is -0.986. The molecule has 16 heavy (non-hydrogen) atoms. The number of hydrogen-bond acceptors (Lipinski definition) is 2. The Morgan fingerprint density at radius 3 is 2.12 bits per heavy atom. The molecule has 5 nitrogen and oxygen atoms in total. The van der Waals surface area contributed by atoms with Crippen LogP contribution >= 0.6 is 0 Å². The zero-order valence-corrected chi connectivity index (χ0v) is 10.2. The van der Waals surface area contributed by atoms with Crippen molar-refractivity contribution in [3.05, 3.63) is 0 Å². The lowest BCUT2D eigenvalue weighted by Crippen LogP contribution is -2.48. The monoisotopic (exact) mass is 230 g/mol. The first-order valence-electron chi connectivity index (χ1n) is 5.81. The van der Waals surface area contributed by atoms with E-state index < -0.39 is 18.0 Å². The molecule has 5 heteroatoms. The minimum absolute atomic E-state index is 0.0704. The highest BCUT2D eigenvalue weighted by molar-refractivity contribution is 5.82. The number of carbonyl (C=O) groups is 2. The van der Waals surface area contributed by atoms with Gasteiger partial charge in [0.25, 0.3) is 0 Å². The van der Waals surface area contributed by atoms with Crippen molar-refractivity contribution in [2.75, 3.05) is 0 Å². The Morgan fingerprint density at radius 2 is 1.69 bits per heavy atom. The van der Waals surface area contributed by atoms with Gasteiger partial charge < -0.3 is 15.7 Å². The van der Waals surface area contributed by atoms with Gasteiger partial charge in [-0.1, -0.05) is 26.7 Å². The van der Waals surface area contributed by atoms with Crippen LogP contribution in [-0.4, -0.2) is 29.2 Å². The predicted molar refractivity (Wildman–Crippen MR) is 62.4 cm³/mol. The van der Waals surface area contributed by atoms with Crippen molar-refractivity contribution in [3.63, 3.8) is 0 Å². The topological polar surface area (TPSA) is 78.4 Å². The number of hydrogen-bond donors (Lipinski definition) is 3. The van der Waals surface area contributed by atoms with Gasteiger partial charge >= 0.3 is 12.0 Å². The molecule has 0 aliphatic rings. The van der Waals surface area contributed by atoms with E-state index >= 15 is 0 Å². The predicted octanol–water partition coefficient (Wildman–Crippen LogP) is 1.73. The molecule has 0 heterocycles. The molecule has 1 unspecified atom stereocenters. The highest BCUT2D eigenvalue weighted by Crippen LogP contribution is 1.98. The summed E-state index contributed by atoms with van der Waals surface area (Å²) in [4.78, 5) is 22.2. The van der Waals surface area contributed by atoms with E-state index in [2.05, 4.69) is 10.6 Å². The first kappa shape index (κ1) is 14.7. The van der Waals surface area contributed by atoms with Crippen LogP contribution in [0.2, 0.25) is 0 Å². The lowest BCUT2D eigenvalue weighted by atomic mass is 10.1. The highest BCUT2D eigenvalue weighted by atomic mass is 16.4. The summed E-state index contributed by atoms with van der Waals surface area (Å²) in [6.07, 6.45) is 3.05. The normalized spacial score (nSPS) is 13.9. The molecule has 3 N–H and O–H groups in total. The summed E-state index contributed by atoms with van der Waals surface area (Å²) >= 11 is 0. The van der Waals surface area contributed by atoms with Gasteiger partial charge in [-0.2, -0.15) is 0 Å². The largest absolute Gasteiger partial charge is 0.480 e. The summed E-state index contributed by atoms with van der Waals surface area (Å²) in [5.41, 5.74) is 0. The van der Waals surface area contributed by atoms with Crippen LogP contribution in [-0.2, 0) is 4.79 Å². The number of rotatable bonds is 7. The summed E-state index contributed by atoms with van der Waals surface area (Å²) in [6, 6.07) is -1.12. The summed E-state index contributed by atoms with van der Waals surface area (Å²) in [5, 5.41) is 14.0. The van der Waals surface area contributed by atoms with Crippen molar-refractivity contribution in [1.29, 1.82) is 0 Å². The lowest BCUT2D eigenvalue weighted by molar-refractivity contribution is -0.139. The lowest BCUT2D eigenvalue weighted by Gasteiger charge is -2.17. The fourth-order valence-corrected chi connectivity index (χ4v) is 1.47. The van der Waals surface area contributed by atoms with Crippen LogP contribution in [0, 0.1) is 0 Å². The zero-order chi connectivity index (χ0) is 12.6. The maximum atomic E-state index is 11.4. The molecule has 0 aliphatic carbocycles. The minimum atomic E-state index is -0.986. The molecule has 0 aromatic rings. The van der Waals surface area contributed by atoms with Crippen molar-refractivity contribution >= 4 is 12.0 Å².